The number of ether oxygens (including phenoxy) is 1. The molecule has 2 heterocycles. The highest BCUT2D eigenvalue weighted by atomic mass is 16.5. The molecule has 2 atom stereocenters. The van der Waals surface area contributed by atoms with Gasteiger partial charge in [-0.3, -0.25) is 9.59 Å². The highest BCUT2D eigenvalue weighted by molar-refractivity contribution is 5.78. The number of carbonyl (C=O) groups is 1. The zero-order valence-corrected chi connectivity index (χ0v) is 12.6. The van der Waals surface area contributed by atoms with Gasteiger partial charge in [-0.1, -0.05) is 17.3 Å². The monoisotopic (exact) mass is 302 g/mol. The number of aromatic nitrogens is 3. The van der Waals surface area contributed by atoms with Crippen LogP contribution < -0.4 is 5.56 Å². The molecule has 1 saturated heterocycles. The molecule has 3 rings (SSSR count). The van der Waals surface area contributed by atoms with E-state index in [1.54, 1.807) is 29.2 Å². The van der Waals surface area contributed by atoms with Crippen LogP contribution in [0, 0.1) is 0 Å². The Bertz CT molecular complexity index is 748. The standard InChI is InChI=1S/C15H18N4O3/c1-10-7-18(8-11(2)22-10)14(20)9-19-15(21)12-5-3-4-6-13(12)16-17-19/h3-6,10-11H,7-9H2,1-2H3/t10-,11-/m0/s1. The molecular formula is C15H18N4O3. The molecule has 1 fully saturated rings. The maximum atomic E-state index is 12.4. The number of morpholine rings is 1. The Kier molecular flexibility index (Phi) is 3.89. The minimum atomic E-state index is -0.298. The molecule has 0 aliphatic carbocycles. The lowest BCUT2D eigenvalue weighted by atomic mass is 10.2. The van der Waals surface area contributed by atoms with Crippen molar-refractivity contribution >= 4 is 16.8 Å². The van der Waals surface area contributed by atoms with Gasteiger partial charge in [0.1, 0.15) is 12.1 Å². The summed E-state index contributed by atoms with van der Waals surface area (Å²) in [6.07, 6.45) is -0.0146. The van der Waals surface area contributed by atoms with Crippen molar-refractivity contribution in [2.24, 2.45) is 0 Å². The van der Waals surface area contributed by atoms with E-state index in [0.29, 0.717) is 24.0 Å². The molecule has 0 N–H and O–H groups in total. The SMILES string of the molecule is C[C@H]1CN(C(=O)Cn2nnc3ccccc3c2=O)C[C@H](C)O1. The van der Waals surface area contributed by atoms with Gasteiger partial charge in [-0.15, -0.1) is 5.10 Å². The summed E-state index contributed by atoms with van der Waals surface area (Å²) in [7, 11) is 0. The first-order valence-electron chi connectivity index (χ1n) is 7.30. The van der Waals surface area contributed by atoms with E-state index in [1.165, 1.54) is 0 Å². The molecule has 1 aromatic heterocycles. The maximum absolute atomic E-state index is 12.4. The van der Waals surface area contributed by atoms with E-state index in [-0.39, 0.29) is 30.2 Å². The van der Waals surface area contributed by atoms with Crippen LogP contribution in [0.5, 0.6) is 0 Å². The van der Waals surface area contributed by atoms with E-state index in [0.717, 1.165) is 4.68 Å². The molecule has 0 unspecified atom stereocenters. The minimum Gasteiger partial charge on any atom is -0.372 e. The van der Waals surface area contributed by atoms with Gasteiger partial charge in [0.25, 0.3) is 5.56 Å². The van der Waals surface area contributed by atoms with Crippen molar-refractivity contribution in [2.45, 2.75) is 32.6 Å². The Balaban J connectivity index is 1.82. The fourth-order valence-electron chi connectivity index (χ4n) is 2.74. The molecule has 2 aromatic rings. The zero-order valence-electron chi connectivity index (χ0n) is 12.6. The van der Waals surface area contributed by atoms with Crippen LogP contribution in [0.1, 0.15) is 13.8 Å². The second kappa shape index (κ2) is 5.84. The van der Waals surface area contributed by atoms with Crippen molar-refractivity contribution in [3.8, 4) is 0 Å². The van der Waals surface area contributed by atoms with Gasteiger partial charge < -0.3 is 9.64 Å². The van der Waals surface area contributed by atoms with Gasteiger partial charge in [-0.05, 0) is 26.0 Å². The van der Waals surface area contributed by atoms with Gasteiger partial charge in [0.2, 0.25) is 5.91 Å². The first kappa shape index (κ1) is 14.6. The van der Waals surface area contributed by atoms with Crippen LogP contribution in [0.4, 0.5) is 0 Å². The summed E-state index contributed by atoms with van der Waals surface area (Å²) >= 11 is 0. The Labute approximate surface area is 127 Å². The average Bonchev–Trinajstić information content (AvgIpc) is 2.49. The number of hydrogen-bond donors (Lipinski definition) is 0. The van der Waals surface area contributed by atoms with Gasteiger partial charge in [0.15, 0.2) is 0 Å². The first-order chi connectivity index (χ1) is 10.5. The first-order valence-corrected chi connectivity index (χ1v) is 7.30. The molecule has 1 amide bonds. The summed E-state index contributed by atoms with van der Waals surface area (Å²) in [6, 6.07) is 6.97. The Morgan fingerprint density at radius 2 is 1.95 bits per heavy atom. The van der Waals surface area contributed by atoms with Gasteiger partial charge in [-0.2, -0.15) is 0 Å². The molecule has 0 radical (unpaired) electrons. The Hall–Kier alpha value is -2.28. The van der Waals surface area contributed by atoms with Crippen LogP contribution in [-0.4, -0.2) is 51.1 Å². The third kappa shape index (κ3) is 2.85. The Morgan fingerprint density at radius 1 is 1.27 bits per heavy atom. The van der Waals surface area contributed by atoms with Crippen LogP contribution in [0.25, 0.3) is 10.9 Å². The van der Waals surface area contributed by atoms with Crippen LogP contribution in [0.15, 0.2) is 29.1 Å². The van der Waals surface area contributed by atoms with E-state index in [2.05, 4.69) is 10.3 Å². The predicted octanol–water partition coefficient (Wildman–Crippen LogP) is 0.427. The molecule has 0 saturated carbocycles. The maximum Gasteiger partial charge on any atom is 0.278 e. The summed E-state index contributed by atoms with van der Waals surface area (Å²) in [5, 5.41) is 8.31. The van der Waals surface area contributed by atoms with E-state index < -0.39 is 0 Å². The third-order valence-corrected chi connectivity index (χ3v) is 3.69. The van der Waals surface area contributed by atoms with E-state index in [4.69, 9.17) is 4.74 Å². The lowest BCUT2D eigenvalue weighted by Crippen LogP contribution is -2.49. The van der Waals surface area contributed by atoms with Crippen LogP contribution in [0.2, 0.25) is 0 Å². The van der Waals surface area contributed by atoms with Crippen LogP contribution >= 0.6 is 0 Å². The van der Waals surface area contributed by atoms with Crippen LogP contribution in [-0.2, 0) is 16.1 Å². The van der Waals surface area contributed by atoms with Crippen molar-refractivity contribution in [1.82, 2.24) is 19.9 Å². The smallest absolute Gasteiger partial charge is 0.278 e. The summed E-state index contributed by atoms with van der Waals surface area (Å²) in [6.45, 7) is 4.81. The lowest BCUT2D eigenvalue weighted by molar-refractivity contribution is -0.144. The largest absolute Gasteiger partial charge is 0.372 e. The van der Waals surface area contributed by atoms with Gasteiger partial charge >= 0.3 is 0 Å². The number of hydrogen-bond acceptors (Lipinski definition) is 5. The molecular weight excluding hydrogens is 284 g/mol. The van der Waals surface area contributed by atoms with E-state index in [9.17, 15) is 9.59 Å². The highest BCUT2D eigenvalue weighted by Crippen LogP contribution is 2.11. The lowest BCUT2D eigenvalue weighted by Gasteiger charge is -2.35. The second-order valence-corrected chi connectivity index (χ2v) is 5.63. The number of rotatable bonds is 2. The van der Waals surface area contributed by atoms with E-state index in [1.807, 2.05) is 13.8 Å². The zero-order chi connectivity index (χ0) is 15.7. The molecule has 0 bridgehead atoms. The summed E-state index contributed by atoms with van der Waals surface area (Å²) in [4.78, 5) is 26.4. The molecule has 7 heteroatoms. The number of fused-ring (bicyclic) bond motifs is 1. The van der Waals surface area contributed by atoms with Gasteiger partial charge in [0.05, 0.1) is 17.6 Å². The van der Waals surface area contributed by atoms with Crippen molar-refractivity contribution < 1.29 is 9.53 Å². The fourth-order valence-corrected chi connectivity index (χ4v) is 2.74. The second-order valence-electron chi connectivity index (χ2n) is 5.63. The van der Waals surface area contributed by atoms with Gasteiger partial charge in [0, 0.05) is 13.1 Å². The van der Waals surface area contributed by atoms with Crippen molar-refractivity contribution in [2.75, 3.05) is 13.1 Å². The normalized spacial score (nSPS) is 22.0. The van der Waals surface area contributed by atoms with Crippen molar-refractivity contribution in [3.05, 3.63) is 34.6 Å². The van der Waals surface area contributed by atoms with Gasteiger partial charge in [-0.25, -0.2) is 4.68 Å². The molecule has 22 heavy (non-hydrogen) atoms. The predicted molar refractivity (Wildman–Crippen MR) is 80.4 cm³/mol. The van der Waals surface area contributed by atoms with Crippen molar-refractivity contribution in [1.29, 1.82) is 0 Å². The molecule has 1 aliphatic heterocycles. The highest BCUT2D eigenvalue weighted by Gasteiger charge is 2.26. The topological polar surface area (TPSA) is 77.3 Å². The third-order valence-electron chi connectivity index (χ3n) is 3.69. The summed E-state index contributed by atoms with van der Waals surface area (Å²) < 4.78 is 6.73. The molecule has 1 aliphatic rings. The summed E-state index contributed by atoms with van der Waals surface area (Å²) in [5.41, 5.74) is 0.234. The fraction of sp³-hybridized carbons (Fsp3) is 0.467. The van der Waals surface area contributed by atoms with Crippen LogP contribution in [0.3, 0.4) is 0 Å². The number of nitrogens with zero attached hydrogens (tertiary/aromatic N) is 4. The minimum absolute atomic E-state index is 0.00731. The Morgan fingerprint density at radius 3 is 2.68 bits per heavy atom. The number of amides is 1. The number of carbonyl (C=O) groups excluding carboxylic acids is 1. The molecule has 116 valence electrons. The molecule has 0 spiro atoms. The quantitative estimate of drug-likeness (QED) is 0.804. The number of benzene rings is 1. The van der Waals surface area contributed by atoms with E-state index >= 15 is 0 Å². The van der Waals surface area contributed by atoms with Crippen molar-refractivity contribution in [3.63, 3.8) is 0 Å². The molecule has 1 aromatic carbocycles. The summed E-state index contributed by atoms with van der Waals surface area (Å²) in [5.74, 6) is -0.145. The molecule has 7 nitrogen and oxygen atoms in total. The average molecular weight is 302 g/mol.